The molecule has 0 N–H and O–H groups in total. The van der Waals surface area contributed by atoms with Gasteiger partial charge in [-0.2, -0.15) is 0 Å². The van der Waals surface area contributed by atoms with E-state index in [0.717, 1.165) is 0 Å². The molecule has 0 radical (unpaired) electrons. The second-order valence-electron chi connectivity index (χ2n) is 3.58. The average molecular weight is 300 g/mol. The molecule has 0 spiro atoms. The number of allylic oxidation sites excluding steroid dienone is 3. The summed E-state index contributed by atoms with van der Waals surface area (Å²) >= 11 is 0. The summed E-state index contributed by atoms with van der Waals surface area (Å²) in [6.45, 7) is 14.8. The minimum Gasteiger partial charge on any atom is -0.300 e. The van der Waals surface area contributed by atoms with Crippen LogP contribution in [0.15, 0.2) is 38.0 Å². The molecule has 0 bridgehead atoms. The van der Waals surface area contributed by atoms with E-state index in [0.29, 0.717) is 19.3 Å². The maximum Gasteiger partial charge on any atom is 0.133 e. The van der Waals surface area contributed by atoms with Crippen molar-refractivity contribution in [3.8, 4) is 0 Å². The molecule has 0 aromatic rings. The molecule has 0 atom stereocenters. The summed E-state index contributed by atoms with van der Waals surface area (Å²) in [6, 6.07) is 0. The van der Waals surface area contributed by atoms with Crippen molar-refractivity contribution in [1.29, 1.82) is 0 Å². The monoisotopic (exact) mass is 300 g/mol. The van der Waals surface area contributed by atoms with Crippen LogP contribution in [-0.4, -0.2) is 17.3 Å². The Morgan fingerprint density at radius 1 is 0.684 bits per heavy atom. The van der Waals surface area contributed by atoms with Crippen LogP contribution in [0.5, 0.6) is 0 Å². The second kappa shape index (κ2) is 22.2. The first-order valence-corrected chi connectivity index (χ1v) is 5.62. The Kier molecular flexibility index (Phi) is 30.9. The Bertz CT molecular complexity index is 246. The summed E-state index contributed by atoms with van der Waals surface area (Å²) in [5.41, 5.74) is 0. The molecule has 0 aliphatic rings. The standard InChI is InChI=1S/3C5H8O.Ti/c3*1-3-4-5(2)6;/h3*3H,1,4H2,2H3;. The molecule has 0 aliphatic carbocycles. The zero-order valence-electron chi connectivity index (χ0n) is 12.2. The fourth-order valence-electron chi connectivity index (χ4n) is 0.610. The molecule has 0 saturated heterocycles. The summed E-state index contributed by atoms with van der Waals surface area (Å²) in [5, 5.41) is 0. The van der Waals surface area contributed by atoms with Crippen LogP contribution >= 0.6 is 0 Å². The van der Waals surface area contributed by atoms with Gasteiger partial charge >= 0.3 is 0 Å². The van der Waals surface area contributed by atoms with E-state index in [-0.39, 0.29) is 39.1 Å². The van der Waals surface area contributed by atoms with E-state index in [9.17, 15) is 14.4 Å². The number of hydrogen-bond donors (Lipinski definition) is 0. The molecule has 19 heavy (non-hydrogen) atoms. The minimum absolute atomic E-state index is 0. The molecular weight excluding hydrogens is 276 g/mol. The third-order valence-electron chi connectivity index (χ3n) is 1.30. The van der Waals surface area contributed by atoms with Crippen molar-refractivity contribution in [3.63, 3.8) is 0 Å². The minimum atomic E-state index is 0. The Hall–Kier alpha value is -1.06. The zero-order chi connectivity index (χ0) is 15.0. The zero-order valence-corrected chi connectivity index (χ0v) is 13.8. The van der Waals surface area contributed by atoms with Crippen molar-refractivity contribution < 1.29 is 36.1 Å². The van der Waals surface area contributed by atoms with Gasteiger partial charge in [-0.15, -0.1) is 19.7 Å². The Morgan fingerprint density at radius 3 is 0.842 bits per heavy atom. The van der Waals surface area contributed by atoms with Gasteiger partial charge in [0.05, 0.1) is 0 Å². The number of hydrogen-bond acceptors (Lipinski definition) is 3. The first kappa shape index (κ1) is 26.5. The van der Waals surface area contributed by atoms with Crippen LogP contribution in [0.1, 0.15) is 40.0 Å². The van der Waals surface area contributed by atoms with Crippen LogP contribution in [0.2, 0.25) is 0 Å². The van der Waals surface area contributed by atoms with E-state index in [1.807, 2.05) is 0 Å². The van der Waals surface area contributed by atoms with E-state index in [1.165, 1.54) is 0 Å². The smallest absolute Gasteiger partial charge is 0.133 e. The summed E-state index contributed by atoms with van der Waals surface area (Å²) in [6.07, 6.45) is 6.30. The molecule has 4 heteroatoms. The first-order valence-electron chi connectivity index (χ1n) is 5.62. The Morgan fingerprint density at radius 2 is 0.842 bits per heavy atom. The molecule has 0 heterocycles. The SMILES string of the molecule is C=CCC(C)=O.C=CCC(C)=O.C=CCC(C)=O.[Ti]. The summed E-state index contributed by atoms with van der Waals surface area (Å²) in [7, 11) is 0. The van der Waals surface area contributed by atoms with Gasteiger partial charge in [0.1, 0.15) is 17.3 Å². The molecule has 0 amide bonds. The van der Waals surface area contributed by atoms with E-state index in [2.05, 4.69) is 19.7 Å². The van der Waals surface area contributed by atoms with Gasteiger partial charge in [-0.25, -0.2) is 0 Å². The molecule has 0 fully saturated rings. The molecule has 0 saturated carbocycles. The summed E-state index contributed by atoms with van der Waals surface area (Å²) in [5.74, 6) is 0.514. The summed E-state index contributed by atoms with van der Waals surface area (Å²) in [4.78, 5) is 29.9. The number of carbonyl (C=O) groups is 3. The predicted molar refractivity (Wildman–Crippen MR) is 76.5 cm³/mol. The van der Waals surface area contributed by atoms with Crippen LogP contribution in [0.25, 0.3) is 0 Å². The van der Waals surface area contributed by atoms with E-state index >= 15 is 0 Å². The van der Waals surface area contributed by atoms with Gasteiger partial charge in [0.15, 0.2) is 0 Å². The average Bonchev–Trinajstić information content (AvgIpc) is 2.18. The third-order valence-corrected chi connectivity index (χ3v) is 1.30. The first-order chi connectivity index (χ1) is 8.31. The molecule has 0 aromatic carbocycles. The molecule has 0 aliphatic heterocycles. The largest absolute Gasteiger partial charge is 0.300 e. The molecule has 106 valence electrons. The van der Waals surface area contributed by atoms with E-state index < -0.39 is 0 Å². The Balaban J connectivity index is -0.0000000865. The predicted octanol–water partition coefficient (Wildman–Crippen LogP) is 3.45. The maximum absolute atomic E-state index is 9.97. The fourth-order valence-corrected chi connectivity index (χ4v) is 0.610. The van der Waals surface area contributed by atoms with E-state index in [4.69, 9.17) is 0 Å². The quantitative estimate of drug-likeness (QED) is 0.557. The van der Waals surface area contributed by atoms with Gasteiger partial charge < -0.3 is 0 Å². The van der Waals surface area contributed by atoms with Crippen molar-refractivity contribution in [2.45, 2.75) is 40.0 Å². The van der Waals surface area contributed by atoms with Gasteiger partial charge in [0, 0.05) is 41.0 Å². The van der Waals surface area contributed by atoms with Crippen molar-refractivity contribution in [3.05, 3.63) is 38.0 Å². The van der Waals surface area contributed by atoms with Gasteiger partial charge in [-0.05, 0) is 20.8 Å². The van der Waals surface area contributed by atoms with E-state index in [1.54, 1.807) is 39.0 Å². The van der Waals surface area contributed by atoms with Crippen molar-refractivity contribution in [2.75, 3.05) is 0 Å². The van der Waals surface area contributed by atoms with Crippen molar-refractivity contribution in [1.82, 2.24) is 0 Å². The van der Waals surface area contributed by atoms with Gasteiger partial charge in [-0.1, -0.05) is 18.2 Å². The maximum atomic E-state index is 9.97. The second-order valence-corrected chi connectivity index (χ2v) is 3.58. The van der Waals surface area contributed by atoms with Crippen LogP contribution in [0.4, 0.5) is 0 Å². The fraction of sp³-hybridized carbons (Fsp3) is 0.400. The third kappa shape index (κ3) is 60.0. The molecule has 0 aromatic heterocycles. The number of ketones is 3. The molecule has 0 rings (SSSR count). The van der Waals surface area contributed by atoms with Crippen LogP contribution in [0, 0.1) is 0 Å². The van der Waals surface area contributed by atoms with Crippen LogP contribution < -0.4 is 0 Å². The van der Waals surface area contributed by atoms with Crippen molar-refractivity contribution >= 4 is 17.3 Å². The molecule has 0 unspecified atom stereocenters. The topological polar surface area (TPSA) is 51.2 Å². The van der Waals surface area contributed by atoms with Crippen LogP contribution in [-0.2, 0) is 36.1 Å². The van der Waals surface area contributed by atoms with Crippen molar-refractivity contribution in [2.24, 2.45) is 0 Å². The Labute approximate surface area is 131 Å². The van der Waals surface area contributed by atoms with Gasteiger partial charge in [0.25, 0.3) is 0 Å². The number of carbonyl (C=O) groups excluding carboxylic acids is 3. The molecule has 3 nitrogen and oxygen atoms in total. The number of rotatable bonds is 6. The normalized spacial score (nSPS) is 7.11. The summed E-state index contributed by atoms with van der Waals surface area (Å²) < 4.78 is 0. The van der Waals surface area contributed by atoms with Crippen LogP contribution in [0.3, 0.4) is 0 Å². The molecular formula is C15H24O3Ti. The number of Topliss-reactive ketones (excluding diaryl/α,β-unsaturated/α-hetero) is 3. The van der Waals surface area contributed by atoms with Gasteiger partial charge in [-0.3, -0.25) is 14.4 Å². The van der Waals surface area contributed by atoms with Gasteiger partial charge in [0.2, 0.25) is 0 Å².